The summed E-state index contributed by atoms with van der Waals surface area (Å²) < 4.78 is 35.5. The third-order valence-electron chi connectivity index (χ3n) is 4.57. The Morgan fingerprint density at radius 2 is 1.82 bits per heavy atom. The molecule has 0 bridgehead atoms. The second-order valence-corrected chi connectivity index (χ2v) is 9.55. The van der Waals surface area contributed by atoms with Crippen LogP contribution in [0.3, 0.4) is 0 Å². The summed E-state index contributed by atoms with van der Waals surface area (Å²) >= 11 is 0. The minimum Gasteiger partial charge on any atom is -0.494 e. The highest BCUT2D eigenvalue weighted by Gasteiger charge is 2.33. The van der Waals surface area contributed by atoms with E-state index in [1.807, 2.05) is 50.2 Å². The van der Waals surface area contributed by atoms with Crippen molar-refractivity contribution in [1.29, 1.82) is 0 Å². The largest absolute Gasteiger partial charge is 0.494 e. The highest BCUT2D eigenvalue weighted by molar-refractivity contribution is 7.90. The molecule has 3 rings (SSSR count). The normalized spacial score (nSPS) is 15.3. The van der Waals surface area contributed by atoms with Crippen molar-refractivity contribution in [3.8, 4) is 5.75 Å². The van der Waals surface area contributed by atoms with Gasteiger partial charge in [0.15, 0.2) is 9.84 Å². The molecule has 0 saturated carbocycles. The van der Waals surface area contributed by atoms with E-state index in [1.165, 1.54) is 0 Å². The molecule has 28 heavy (non-hydrogen) atoms. The standard InChI is InChI=1S/C21H25NO5S/c1-21(2)18-14-17(10-11-19(18)22-20(23)27-21)26-12-6-7-13-28(24,25)15-16-8-4-3-5-9-16/h3-5,8-11,14H,6-7,12-13,15H2,1-2H3,(H,22,23). The number of hydrogen-bond acceptors (Lipinski definition) is 5. The van der Waals surface area contributed by atoms with E-state index in [0.717, 1.165) is 11.1 Å². The Morgan fingerprint density at radius 3 is 2.57 bits per heavy atom. The van der Waals surface area contributed by atoms with Crippen LogP contribution in [0.15, 0.2) is 48.5 Å². The predicted molar refractivity (Wildman–Crippen MR) is 108 cm³/mol. The average molecular weight is 404 g/mol. The summed E-state index contributed by atoms with van der Waals surface area (Å²) in [7, 11) is -3.12. The average Bonchev–Trinajstić information content (AvgIpc) is 2.61. The lowest BCUT2D eigenvalue weighted by Crippen LogP contribution is -2.34. The van der Waals surface area contributed by atoms with Gasteiger partial charge < -0.3 is 9.47 Å². The minimum absolute atomic E-state index is 0.0698. The van der Waals surface area contributed by atoms with E-state index < -0.39 is 21.5 Å². The molecule has 0 unspecified atom stereocenters. The monoisotopic (exact) mass is 403 g/mol. The number of benzene rings is 2. The van der Waals surface area contributed by atoms with Gasteiger partial charge in [-0.25, -0.2) is 13.2 Å². The van der Waals surface area contributed by atoms with E-state index in [-0.39, 0.29) is 11.5 Å². The molecule has 2 aromatic carbocycles. The molecule has 1 aliphatic heterocycles. The zero-order chi connectivity index (χ0) is 20.2. The Balaban J connectivity index is 1.48. The van der Waals surface area contributed by atoms with Crippen LogP contribution >= 0.6 is 0 Å². The van der Waals surface area contributed by atoms with E-state index in [1.54, 1.807) is 12.1 Å². The summed E-state index contributed by atoms with van der Waals surface area (Å²) in [4.78, 5) is 11.6. The van der Waals surface area contributed by atoms with Crippen molar-refractivity contribution in [1.82, 2.24) is 0 Å². The Labute approximate surface area is 165 Å². The van der Waals surface area contributed by atoms with Crippen LogP contribution in [0.2, 0.25) is 0 Å². The van der Waals surface area contributed by atoms with Gasteiger partial charge in [0.1, 0.15) is 11.4 Å². The van der Waals surface area contributed by atoms with Gasteiger partial charge in [-0.2, -0.15) is 0 Å². The molecule has 1 N–H and O–H groups in total. The van der Waals surface area contributed by atoms with E-state index >= 15 is 0 Å². The minimum atomic E-state index is -3.12. The van der Waals surface area contributed by atoms with Gasteiger partial charge >= 0.3 is 6.09 Å². The second kappa shape index (κ2) is 8.22. The van der Waals surface area contributed by atoms with Crippen LogP contribution in [0.1, 0.15) is 37.8 Å². The third kappa shape index (κ3) is 5.25. The summed E-state index contributed by atoms with van der Waals surface area (Å²) in [6.45, 7) is 4.07. The van der Waals surface area contributed by atoms with Gasteiger partial charge in [-0.3, -0.25) is 5.32 Å². The molecule has 2 aromatic rings. The van der Waals surface area contributed by atoms with Crippen molar-refractivity contribution in [2.75, 3.05) is 17.7 Å². The maximum atomic E-state index is 12.2. The van der Waals surface area contributed by atoms with Crippen molar-refractivity contribution < 1.29 is 22.7 Å². The Hall–Kier alpha value is -2.54. The molecule has 6 nitrogen and oxygen atoms in total. The number of sulfone groups is 1. The summed E-state index contributed by atoms with van der Waals surface area (Å²) in [6, 6.07) is 14.6. The summed E-state index contributed by atoms with van der Waals surface area (Å²) in [5.41, 5.74) is 1.63. The van der Waals surface area contributed by atoms with Crippen LogP contribution in [0.4, 0.5) is 10.5 Å². The molecule has 0 fully saturated rings. The number of carbonyl (C=O) groups is 1. The van der Waals surface area contributed by atoms with Crippen LogP contribution < -0.4 is 10.1 Å². The van der Waals surface area contributed by atoms with Crippen molar-refractivity contribution in [3.05, 3.63) is 59.7 Å². The molecule has 0 radical (unpaired) electrons. The van der Waals surface area contributed by atoms with Crippen LogP contribution in [0, 0.1) is 0 Å². The first-order valence-corrected chi connectivity index (χ1v) is 11.1. The first kappa shape index (κ1) is 20.2. The van der Waals surface area contributed by atoms with E-state index in [2.05, 4.69) is 5.32 Å². The smallest absolute Gasteiger partial charge is 0.412 e. The molecule has 0 aliphatic carbocycles. The van der Waals surface area contributed by atoms with Crippen LogP contribution in [-0.4, -0.2) is 26.9 Å². The summed E-state index contributed by atoms with van der Waals surface area (Å²) in [5.74, 6) is 0.876. The molecular formula is C21H25NO5S. The molecule has 1 aliphatic rings. The molecule has 0 spiro atoms. The fraction of sp³-hybridized carbons (Fsp3) is 0.381. The first-order valence-electron chi connectivity index (χ1n) is 9.27. The Morgan fingerprint density at radius 1 is 1.07 bits per heavy atom. The molecule has 0 aromatic heterocycles. The number of cyclic esters (lactones) is 1. The van der Waals surface area contributed by atoms with Gasteiger partial charge in [0.2, 0.25) is 0 Å². The number of fused-ring (bicyclic) bond motifs is 1. The van der Waals surface area contributed by atoms with Gasteiger partial charge in [-0.05, 0) is 50.5 Å². The molecule has 0 saturated heterocycles. The van der Waals surface area contributed by atoms with Gasteiger partial charge in [0, 0.05) is 5.56 Å². The van der Waals surface area contributed by atoms with E-state index in [4.69, 9.17) is 9.47 Å². The zero-order valence-corrected chi connectivity index (χ0v) is 16.9. The molecule has 7 heteroatoms. The number of hydrogen-bond donors (Lipinski definition) is 1. The number of carbonyl (C=O) groups excluding carboxylic acids is 1. The topological polar surface area (TPSA) is 81.7 Å². The lowest BCUT2D eigenvalue weighted by Gasteiger charge is -2.32. The van der Waals surface area contributed by atoms with Gasteiger partial charge in [0.25, 0.3) is 0 Å². The number of nitrogens with one attached hydrogen (secondary N) is 1. The fourth-order valence-electron chi connectivity index (χ4n) is 3.16. The highest BCUT2D eigenvalue weighted by atomic mass is 32.2. The SMILES string of the molecule is CC1(C)OC(=O)Nc2ccc(OCCCCS(=O)(=O)Cc3ccccc3)cc21. The number of amides is 1. The lowest BCUT2D eigenvalue weighted by molar-refractivity contribution is 0.0418. The molecule has 1 amide bonds. The highest BCUT2D eigenvalue weighted by Crippen LogP contribution is 2.37. The summed E-state index contributed by atoms with van der Waals surface area (Å²) in [5, 5.41) is 2.67. The number of ether oxygens (including phenoxy) is 2. The molecule has 150 valence electrons. The first-order chi connectivity index (χ1) is 13.3. The third-order valence-corrected chi connectivity index (χ3v) is 6.26. The molecule has 1 heterocycles. The van der Waals surface area contributed by atoms with Crippen molar-refractivity contribution in [2.24, 2.45) is 0 Å². The Kier molecular flexibility index (Phi) is 5.93. The van der Waals surface area contributed by atoms with Gasteiger partial charge in [-0.15, -0.1) is 0 Å². The van der Waals surface area contributed by atoms with E-state index in [0.29, 0.717) is 30.9 Å². The van der Waals surface area contributed by atoms with Crippen LogP contribution in [0.5, 0.6) is 5.75 Å². The quantitative estimate of drug-likeness (QED) is 0.666. The van der Waals surface area contributed by atoms with Crippen molar-refractivity contribution in [3.63, 3.8) is 0 Å². The fourth-order valence-corrected chi connectivity index (χ4v) is 4.65. The van der Waals surface area contributed by atoms with Crippen molar-refractivity contribution >= 4 is 21.6 Å². The number of rotatable bonds is 8. The predicted octanol–water partition coefficient (Wildman–Crippen LogP) is 4.26. The van der Waals surface area contributed by atoms with E-state index in [9.17, 15) is 13.2 Å². The van der Waals surface area contributed by atoms with Crippen LogP contribution in [-0.2, 0) is 25.9 Å². The molecule has 0 atom stereocenters. The van der Waals surface area contributed by atoms with Crippen molar-refractivity contribution in [2.45, 2.75) is 38.0 Å². The second-order valence-electron chi connectivity index (χ2n) is 7.37. The van der Waals surface area contributed by atoms with Gasteiger partial charge in [0.05, 0.1) is 23.8 Å². The zero-order valence-electron chi connectivity index (χ0n) is 16.1. The lowest BCUT2D eigenvalue weighted by atomic mass is 9.94. The maximum absolute atomic E-state index is 12.2. The van der Waals surface area contributed by atoms with Gasteiger partial charge in [-0.1, -0.05) is 30.3 Å². The number of unbranched alkanes of at least 4 members (excludes halogenated alkanes) is 1. The maximum Gasteiger partial charge on any atom is 0.412 e. The van der Waals surface area contributed by atoms with Crippen LogP contribution in [0.25, 0.3) is 0 Å². The Bertz CT molecular complexity index is 939. The summed E-state index contributed by atoms with van der Waals surface area (Å²) in [6.07, 6.45) is 0.717. The molecular weight excluding hydrogens is 378 g/mol. The number of anilines is 1.